The van der Waals surface area contributed by atoms with Crippen LogP contribution in [0.1, 0.15) is 6.42 Å². The van der Waals surface area contributed by atoms with Crippen molar-refractivity contribution in [3.63, 3.8) is 0 Å². The van der Waals surface area contributed by atoms with E-state index >= 15 is 0 Å². The topological polar surface area (TPSA) is 102 Å². The highest BCUT2D eigenvalue weighted by Crippen LogP contribution is 2.31. The fourth-order valence-electron chi connectivity index (χ4n) is 1.86. The third kappa shape index (κ3) is 2.27. The van der Waals surface area contributed by atoms with Crippen LogP contribution < -0.4 is 10.6 Å². The van der Waals surface area contributed by atoms with Crippen LogP contribution in [0.2, 0.25) is 5.02 Å². The van der Waals surface area contributed by atoms with Gasteiger partial charge in [0.25, 0.3) is 5.69 Å². The molecule has 1 fully saturated rings. The quantitative estimate of drug-likeness (QED) is 0.651. The molecule has 0 radical (unpaired) electrons. The van der Waals surface area contributed by atoms with Gasteiger partial charge in [-0.15, -0.1) is 0 Å². The number of hydrogen-bond acceptors (Lipinski definition) is 5. The maximum absolute atomic E-state index is 11.8. The van der Waals surface area contributed by atoms with Crippen molar-refractivity contribution in [1.29, 1.82) is 0 Å². The fourth-order valence-corrected chi connectivity index (χ4v) is 2.13. The number of nitrogens with zero attached hydrogens (tertiary/aromatic N) is 3. The molecule has 0 aromatic carbocycles. The molecule has 96 valence electrons. The third-order valence-corrected chi connectivity index (χ3v) is 3.09. The van der Waals surface area contributed by atoms with E-state index < -0.39 is 4.92 Å². The number of anilines is 1. The van der Waals surface area contributed by atoms with Crippen LogP contribution >= 0.6 is 11.6 Å². The van der Waals surface area contributed by atoms with E-state index in [1.54, 1.807) is 0 Å². The Kier molecular flexibility index (Phi) is 3.44. The fraction of sp³-hybridized carbons (Fsp3) is 0.400. The largest absolute Gasteiger partial charge is 0.330 e. The molecular weight excluding hydrogens is 260 g/mol. The van der Waals surface area contributed by atoms with Gasteiger partial charge in [-0.2, -0.15) is 0 Å². The molecule has 0 spiro atoms. The second-order valence-electron chi connectivity index (χ2n) is 4.07. The summed E-state index contributed by atoms with van der Waals surface area (Å²) in [6, 6.07) is 1.19. The Morgan fingerprint density at radius 2 is 2.39 bits per heavy atom. The zero-order valence-corrected chi connectivity index (χ0v) is 10.1. The molecule has 1 unspecified atom stereocenters. The van der Waals surface area contributed by atoms with Crippen molar-refractivity contribution >= 4 is 29.0 Å². The highest BCUT2D eigenvalue weighted by atomic mass is 35.5. The Balaban J connectivity index is 2.29. The van der Waals surface area contributed by atoms with E-state index in [1.807, 2.05) is 0 Å². The minimum atomic E-state index is -0.586. The van der Waals surface area contributed by atoms with Crippen LogP contribution in [0.3, 0.4) is 0 Å². The standard InChI is InChI=1S/C10H11ClN4O3/c11-8-2-7(15(17)18)4-13-10(8)14-5-6(3-12)1-9(14)16/h2,4,6H,1,3,5,12H2. The van der Waals surface area contributed by atoms with Crippen LogP contribution in [-0.4, -0.2) is 28.9 Å². The molecule has 7 nitrogen and oxygen atoms in total. The van der Waals surface area contributed by atoms with Crippen molar-refractivity contribution in [2.24, 2.45) is 11.7 Å². The average molecular weight is 271 g/mol. The second kappa shape index (κ2) is 4.87. The maximum Gasteiger partial charge on any atom is 0.289 e. The number of amides is 1. The third-order valence-electron chi connectivity index (χ3n) is 2.81. The number of hydrogen-bond donors (Lipinski definition) is 1. The molecule has 1 atom stereocenters. The number of pyridine rings is 1. The minimum absolute atomic E-state index is 0.0746. The first-order chi connectivity index (χ1) is 8.52. The van der Waals surface area contributed by atoms with Crippen LogP contribution in [0, 0.1) is 16.0 Å². The molecule has 0 saturated carbocycles. The van der Waals surface area contributed by atoms with Crippen LogP contribution in [-0.2, 0) is 4.79 Å². The van der Waals surface area contributed by atoms with Gasteiger partial charge in [-0.3, -0.25) is 19.8 Å². The monoisotopic (exact) mass is 270 g/mol. The second-order valence-corrected chi connectivity index (χ2v) is 4.47. The summed E-state index contributed by atoms with van der Waals surface area (Å²) >= 11 is 5.92. The predicted octanol–water partition coefficient (Wildman–Crippen LogP) is 0.955. The molecule has 1 saturated heterocycles. The number of nitro groups is 1. The summed E-state index contributed by atoms with van der Waals surface area (Å²) in [4.78, 5) is 27.0. The number of carbonyl (C=O) groups excluding carboxylic acids is 1. The summed E-state index contributed by atoms with van der Waals surface area (Å²) < 4.78 is 0. The number of halogens is 1. The smallest absolute Gasteiger partial charge is 0.289 e. The summed E-state index contributed by atoms with van der Waals surface area (Å²) in [6.07, 6.45) is 1.44. The zero-order valence-electron chi connectivity index (χ0n) is 9.38. The van der Waals surface area contributed by atoms with Crippen LogP contribution in [0.4, 0.5) is 11.5 Å². The Hall–Kier alpha value is -1.73. The van der Waals surface area contributed by atoms with Crippen molar-refractivity contribution in [3.05, 3.63) is 27.4 Å². The molecule has 1 aromatic rings. The van der Waals surface area contributed by atoms with Gasteiger partial charge < -0.3 is 5.73 Å². The van der Waals surface area contributed by atoms with Gasteiger partial charge in [-0.1, -0.05) is 11.6 Å². The van der Waals surface area contributed by atoms with Gasteiger partial charge in [0, 0.05) is 19.0 Å². The summed E-state index contributed by atoms with van der Waals surface area (Å²) in [6.45, 7) is 0.854. The number of rotatable bonds is 3. The Morgan fingerprint density at radius 1 is 1.67 bits per heavy atom. The van der Waals surface area contributed by atoms with Gasteiger partial charge in [0.05, 0.1) is 9.95 Å². The lowest BCUT2D eigenvalue weighted by Gasteiger charge is -2.16. The average Bonchev–Trinajstić information content (AvgIpc) is 2.70. The molecule has 18 heavy (non-hydrogen) atoms. The Labute approximate surface area is 108 Å². The van der Waals surface area contributed by atoms with Crippen molar-refractivity contribution in [2.75, 3.05) is 18.0 Å². The lowest BCUT2D eigenvalue weighted by atomic mass is 10.1. The van der Waals surface area contributed by atoms with Gasteiger partial charge in [-0.05, 0) is 12.5 Å². The normalized spacial score (nSPS) is 19.3. The molecule has 0 bridgehead atoms. The minimum Gasteiger partial charge on any atom is -0.330 e. The van der Waals surface area contributed by atoms with E-state index in [4.69, 9.17) is 17.3 Å². The Bertz CT molecular complexity index is 508. The van der Waals surface area contributed by atoms with Crippen molar-refractivity contribution in [2.45, 2.75) is 6.42 Å². The number of nitrogens with two attached hydrogens (primary N) is 1. The highest BCUT2D eigenvalue weighted by Gasteiger charge is 2.32. The molecule has 2 N–H and O–H groups in total. The van der Waals surface area contributed by atoms with E-state index in [0.29, 0.717) is 19.5 Å². The molecule has 1 aromatic heterocycles. The summed E-state index contributed by atoms with van der Waals surface area (Å²) in [5.74, 6) is 0.211. The maximum atomic E-state index is 11.8. The van der Waals surface area contributed by atoms with Gasteiger partial charge in [0.1, 0.15) is 6.20 Å². The first kappa shape index (κ1) is 12.7. The molecule has 1 aliphatic rings. The van der Waals surface area contributed by atoms with Gasteiger partial charge in [0.15, 0.2) is 5.82 Å². The highest BCUT2D eigenvalue weighted by molar-refractivity contribution is 6.33. The summed E-state index contributed by atoms with van der Waals surface area (Å²) in [5, 5.41) is 10.7. The van der Waals surface area contributed by atoms with Crippen molar-refractivity contribution in [3.8, 4) is 0 Å². The number of aromatic nitrogens is 1. The van der Waals surface area contributed by atoms with E-state index in [-0.39, 0.29) is 28.4 Å². The van der Waals surface area contributed by atoms with E-state index in [1.165, 1.54) is 11.0 Å². The van der Waals surface area contributed by atoms with Gasteiger partial charge >= 0.3 is 0 Å². The van der Waals surface area contributed by atoms with E-state index in [2.05, 4.69) is 4.98 Å². The molecule has 0 aliphatic carbocycles. The molecule has 8 heteroatoms. The number of carbonyl (C=O) groups is 1. The molecule has 1 amide bonds. The summed E-state index contributed by atoms with van der Waals surface area (Å²) in [7, 11) is 0. The lowest BCUT2D eigenvalue weighted by molar-refractivity contribution is -0.385. The molecular formula is C10H11ClN4O3. The molecule has 2 heterocycles. The lowest BCUT2D eigenvalue weighted by Crippen LogP contribution is -2.26. The van der Waals surface area contributed by atoms with E-state index in [0.717, 1.165) is 6.20 Å². The van der Waals surface area contributed by atoms with E-state index in [9.17, 15) is 14.9 Å². The van der Waals surface area contributed by atoms with Crippen LogP contribution in [0.15, 0.2) is 12.3 Å². The van der Waals surface area contributed by atoms with Crippen LogP contribution in [0.25, 0.3) is 0 Å². The van der Waals surface area contributed by atoms with Crippen LogP contribution in [0.5, 0.6) is 0 Å². The first-order valence-corrected chi connectivity index (χ1v) is 5.71. The molecule has 2 rings (SSSR count). The summed E-state index contributed by atoms with van der Waals surface area (Å²) in [5.41, 5.74) is 5.31. The SMILES string of the molecule is NCC1CC(=O)N(c2ncc([N+](=O)[O-])cc2Cl)C1. The van der Waals surface area contributed by atoms with Gasteiger partial charge in [0.2, 0.25) is 5.91 Å². The zero-order chi connectivity index (χ0) is 13.3. The Morgan fingerprint density at radius 3 is 2.89 bits per heavy atom. The molecule has 1 aliphatic heterocycles. The predicted molar refractivity (Wildman–Crippen MR) is 65.4 cm³/mol. The van der Waals surface area contributed by atoms with Crippen molar-refractivity contribution in [1.82, 2.24) is 4.98 Å². The first-order valence-electron chi connectivity index (χ1n) is 5.33. The van der Waals surface area contributed by atoms with Gasteiger partial charge in [-0.25, -0.2) is 4.98 Å². The van der Waals surface area contributed by atoms with Crippen molar-refractivity contribution < 1.29 is 9.72 Å².